The van der Waals surface area contributed by atoms with Crippen LogP contribution in [0.2, 0.25) is 0 Å². The monoisotopic (exact) mass is 315 g/mol. The number of hydrogen-bond acceptors (Lipinski definition) is 5. The Morgan fingerprint density at radius 3 is 2.71 bits per heavy atom. The molecular weight excluding hydrogens is 290 g/mol. The van der Waals surface area contributed by atoms with E-state index in [4.69, 9.17) is 10.5 Å². The molecule has 1 unspecified atom stereocenters. The molecule has 1 aromatic rings. The maximum absolute atomic E-state index is 12.2. The second kappa shape index (κ2) is 8.45. The van der Waals surface area contributed by atoms with E-state index in [1.165, 1.54) is 0 Å². The molecule has 0 bridgehead atoms. The number of hydrogen-bond donors (Lipinski definition) is 2. The Bertz CT molecular complexity index is 532. The van der Waals surface area contributed by atoms with E-state index in [1.54, 1.807) is 25.3 Å². The van der Waals surface area contributed by atoms with E-state index in [0.29, 0.717) is 19.7 Å². The summed E-state index contributed by atoms with van der Waals surface area (Å²) in [7, 11) is 0.0656. The lowest BCUT2D eigenvalue weighted by molar-refractivity contribution is 0.162. The highest BCUT2D eigenvalue weighted by Gasteiger charge is 2.14. The molecule has 0 aliphatic heterocycles. The number of benzene rings is 1. The van der Waals surface area contributed by atoms with Crippen molar-refractivity contribution in [2.24, 2.45) is 5.73 Å². The predicted molar refractivity (Wildman–Crippen MR) is 83.6 cm³/mol. The standard InChI is InChI=1S/C14H25N3O3S/c1-12(15)13-5-4-6-14(11-13)21(18,19)16-7-8-17(2)9-10-20-3/h4-6,11-12,16H,7-10,15H2,1-3H3. The first-order chi connectivity index (χ1) is 9.86. The third-order valence-corrected chi connectivity index (χ3v) is 4.62. The molecule has 0 saturated heterocycles. The van der Waals surface area contributed by atoms with Crippen molar-refractivity contribution in [1.29, 1.82) is 0 Å². The average Bonchev–Trinajstić information content (AvgIpc) is 2.45. The zero-order valence-electron chi connectivity index (χ0n) is 12.9. The molecule has 0 aromatic heterocycles. The minimum atomic E-state index is -3.50. The van der Waals surface area contributed by atoms with Gasteiger partial charge >= 0.3 is 0 Å². The molecule has 1 rings (SSSR count). The van der Waals surface area contributed by atoms with Gasteiger partial charge in [-0.25, -0.2) is 13.1 Å². The van der Waals surface area contributed by atoms with Crippen molar-refractivity contribution >= 4 is 10.0 Å². The summed E-state index contributed by atoms with van der Waals surface area (Å²) in [6.07, 6.45) is 0. The van der Waals surface area contributed by atoms with Gasteiger partial charge in [0, 0.05) is 32.8 Å². The van der Waals surface area contributed by atoms with Gasteiger partial charge in [-0.15, -0.1) is 0 Å². The van der Waals surface area contributed by atoms with Crippen LogP contribution in [0.1, 0.15) is 18.5 Å². The Kier molecular flexibility index (Phi) is 7.27. The summed E-state index contributed by atoms with van der Waals surface area (Å²) < 4.78 is 32.0. The van der Waals surface area contributed by atoms with E-state index in [-0.39, 0.29) is 10.9 Å². The molecule has 0 aliphatic rings. The SMILES string of the molecule is COCCN(C)CCNS(=O)(=O)c1cccc(C(C)N)c1. The number of nitrogens with two attached hydrogens (primary N) is 1. The van der Waals surface area contributed by atoms with Crippen LogP contribution in [0.25, 0.3) is 0 Å². The predicted octanol–water partition coefficient (Wildman–Crippen LogP) is 0.563. The molecule has 120 valence electrons. The minimum Gasteiger partial charge on any atom is -0.383 e. The molecule has 21 heavy (non-hydrogen) atoms. The van der Waals surface area contributed by atoms with Gasteiger partial charge in [-0.1, -0.05) is 12.1 Å². The van der Waals surface area contributed by atoms with E-state index >= 15 is 0 Å². The third-order valence-electron chi connectivity index (χ3n) is 3.16. The highest BCUT2D eigenvalue weighted by Crippen LogP contribution is 2.15. The number of rotatable bonds is 9. The number of sulfonamides is 1. The molecule has 0 aliphatic carbocycles. The van der Waals surface area contributed by atoms with E-state index in [1.807, 2.05) is 24.9 Å². The first-order valence-electron chi connectivity index (χ1n) is 6.89. The number of nitrogens with zero attached hydrogens (tertiary/aromatic N) is 1. The van der Waals surface area contributed by atoms with Crippen molar-refractivity contribution in [1.82, 2.24) is 9.62 Å². The van der Waals surface area contributed by atoms with Gasteiger partial charge in [0.25, 0.3) is 0 Å². The fourth-order valence-electron chi connectivity index (χ4n) is 1.78. The molecule has 0 fully saturated rings. The second-order valence-corrected chi connectivity index (χ2v) is 6.82. The van der Waals surface area contributed by atoms with Crippen LogP contribution in [0.4, 0.5) is 0 Å². The lowest BCUT2D eigenvalue weighted by atomic mass is 10.1. The van der Waals surface area contributed by atoms with Gasteiger partial charge in [0.15, 0.2) is 0 Å². The summed E-state index contributed by atoms with van der Waals surface area (Å²) in [6, 6.07) is 6.52. The lowest BCUT2D eigenvalue weighted by Gasteiger charge is -2.16. The van der Waals surface area contributed by atoms with Crippen LogP contribution in [0.15, 0.2) is 29.2 Å². The summed E-state index contributed by atoms with van der Waals surface area (Å²) in [5, 5.41) is 0. The van der Waals surface area contributed by atoms with Crippen molar-refractivity contribution in [3.8, 4) is 0 Å². The Morgan fingerprint density at radius 1 is 1.38 bits per heavy atom. The fourth-order valence-corrected chi connectivity index (χ4v) is 2.85. The summed E-state index contributed by atoms with van der Waals surface area (Å²) >= 11 is 0. The van der Waals surface area contributed by atoms with E-state index < -0.39 is 10.0 Å². The fraction of sp³-hybridized carbons (Fsp3) is 0.571. The molecule has 0 heterocycles. The Hall–Kier alpha value is -0.990. The van der Waals surface area contributed by atoms with Crippen LogP contribution in [0.3, 0.4) is 0 Å². The second-order valence-electron chi connectivity index (χ2n) is 5.06. The van der Waals surface area contributed by atoms with Gasteiger partial charge in [0.2, 0.25) is 10.0 Å². The first kappa shape index (κ1) is 18.1. The van der Waals surface area contributed by atoms with Gasteiger partial charge in [-0.3, -0.25) is 0 Å². The first-order valence-corrected chi connectivity index (χ1v) is 8.38. The Balaban J connectivity index is 2.59. The highest BCUT2D eigenvalue weighted by atomic mass is 32.2. The van der Waals surface area contributed by atoms with Gasteiger partial charge in [-0.05, 0) is 31.7 Å². The zero-order chi connectivity index (χ0) is 15.9. The minimum absolute atomic E-state index is 0.194. The normalized spacial score (nSPS) is 13.6. The van der Waals surface area contributed by atoms with Crippen molar-refractivity contribution in [3.63, 3.8) is 0 Å². The van der Waals surface area contributed by atoms with Gasteiger partial charge < -0.3 is 15.4 Å². The lowest BCUT2D eigenvalue weighted by Crippen LogP contribution is -2.34. The number of likely N-dealkylation sites (N-methyl/N-ethyl adjacent to an activating group) is 1. The molecule has 0 spiro atoms. The third kappa shape index (κ3) is 6.11. The van der Waals surface area contributed by atoms with Crippen LogP contribution in [0.5, 0.6) is 0 Å². The number of nitrogens with one attached hydrogen (secondary N) is 1. The van der Waals surface area contributed by atoms with Gasteiger partial charge in [-0.2, -0.15) is 0 Å². The molecule has 1 aromatic carbocycles. The van der Waals surface area contributed by atoms with E-state index in [2.05, 4.69) is 4.72 Å². The maximum Gasteiger partial charge on any atom is 0.240 e. The molecular formula is C14H25N3O3S. The van der Waals surface area contributed by atoms with Crippen molar-refractivity contribution < 1.29 is 13.2 Å². The molecule has 0 saturated carbocycles. The summed E-state index contributed by atoms with van der Waals surface area (Å²) in [5.41, 5.74) is 6.58. The Morgan fingerprint density at radius 2 is 2.10 bits per heavy atom. The zero-order valence-corrected chi connectivity index (χ0v) is 13.7. The van der Waals surface area contributed by atoms with Crippen LogP contribution < -0.4 is 10.5 Å². The summed E-state index contributed by atoms with van der Waals surface area (Å²) in [4.78, 5) is 2.25. The molecule has 3 N–H and O–H groups in total. The summed E-state index contributed by atoms with van der Waals surface area (Å²) in [6.45, 7) is 4.18. The van der Waals surface area contributed by atoms with Crippen molar-refractivity contribution in [2.45, 2.75) is 17.9 Å². The topological polar surface area (TPSA) is 84.7 Å². The van der Waals surface area contributed by atoms with Gasteiger partial charge in [0.05, 0.1) is 11.5 Å². The van der Waals surface area contributed by atoms with Gasteiger partial charge in [0.1, 0.15) is 0 Å². The maximum atomic E-state index is 12.2. The Labute approximate surface area is 127 Å². The van der Waals surface area contributed by atoms with E-state index in [9.17, 15) is 8.42 Å². The van der Waals surface area contributed by atoms with Crippen molar-refractivity contribution in [3.05, 3.63) is 29.8 Å². The average molecular weight is 315 g/mol. The smallest absolute Gasteiger partial charge is 0.240 e. The van der Waals surface area contributed by atoms with Crippen LogP contribution in [-0.4, -0.2) is 53.7 Å². The summed E-state index contributed by atoms with van der Waals surface area (Å²) in [5.74, 6) is 0. The van der Waals surface area contributed by atoms with Crippen molar-refractivity contribution in [2.75, 3.05) is 40.4 Å². The number of methoxy groups -OCH3 is 1. The molecule has 6 nitrogen and oxygen atoms in total. The largest absolute Gasteiger partial charge is 0.383 e. The molecule has 7 heteroatoms. The highest BCUT2D eigenvalue weighted by molar-refractivity contribution is 7.89. The molecule has 0 amide bonds. The van der Waals surface area contributed by atoms with E-state index in [0.717, 1.165) is 12.1 Å². The van der Waals surface area contributed by atoms with Crippen LogP contribution in [0, 0.1) is 0 Å². The quantitative estimate of drug-likeness (QED) is 0.696. The number of ether oxygens (including phenoxy) is 1. The van der Waals surface area contributed by atoms with Crippen LogP contribution in [-0.2, 0) is 14.8 Å². The van der Waals surface area contributed by atoms with Crippen LogP contribution >= 0.6 is 0 Å². The molecule has 0 radical (unpaired) electrons. The molecule has 1 atom stereocenters.